The summed E-state index contributed by atoms with van der Waals surface area (Å²) < 4.78 is 1.02. The van der Waals surface area contributed by atoms with Crippen molar-refractivity contribution in [3.05, 3.63) is 32.9 Å². The van der Waals surface area contributed by atoms with Gasteiger partial charge in [-0.2, -0.15) is 5.26 Å². The van der Waals surface area contributed by atoms with Gasteiger partial charge in [-0.25, -0.2) is 0 Å². The van der Waals surface area contributed by atoms with Gasteiger partial charge in [-0.1, -0.05) is 28.1 Å². The highest BCUT2D eigenvalue weighted by Gasteiger charge is 2.02. The van der Waals surface area contributed by atoms with Gasteiger partial charge in [0.1, 0.15) is 6.07 Å². The van der Waals surface area contributed by atoms with Crippen LogP contribution >= 0.6 is 38.5 Å². The minimum atomic E-state index is 0.743. The Kier molecular flexibility index (Phi) is 3.34. The van der Waals surface area contributed by atoms with Crippen molar-refractivity contribution in [2.24, 2.45) is 0 Å². The van der Waals surface area contributed by atoms with Crippen molar-refractivity contribution in [2.45, 2.75) is 5.33 Å². The van der Waals surface area contributed by atoms with Gasteiger partial charge in [0.05, 0.1) is 5.56 Å². The van der Waals surface area contributed by atoms with E-state index >= 15 is 0 Å². The zero-order valence-electron chi connectivity index (χ0n) is 5.64. The number of nitrogens with zero attached hydrogens (tertiary/aromatic N) is 1. The zero-order chi connectivity index (χ0) is 8.27. The fourth-order valence-corrected chi connectivity index (χ4v) is 1.95. The third-order valence-corrected chi connectivity index (χ3v) is 2.86. The van der Waals surface area contributed by atoms with E-state index in [4.69, 9.17) is 5.26 Å². The molecular weight excluding hydrogens is 317 g/mol. The zero-order valence-corrected chi connectivity index (χ0v) is 9.39. The van der Waals surface area contributed by atoms with E-state index in [9.17, 15) is 0 Å². The molecule has 0 saturated carbocycles. The predicted molar refractivity (Wildman–Crippen MR) is 56.5 cm³/mol. The standard InChI is InChI=1S/C8H5BrIN/c9-4-6-2-1-3-8(10)7(6)5-11/h1-3H,4H2. The first kappa shape index (κ1) is 9.01. The van der Waals surface area contributed by atoms with Gasteiger partial charge in [0.25, 0.3) is 0 Å². The Balaban J connectivity index is 3.27. The van der Waals surface area contributed by atoms with Gasteiger partial charge in [-0.05, 0) is 34.2 Å². The number of rotatable bonds is 1. The molecule has 0 radical (unpaired) electrons. The van der Waals surface area contributed by atoms with Crippen LogP contribution in [0.5, 0.6) is 0 Å². The van der Waals surface area contributed by atoms with Gasteiger partial charge >= 0.3 is 0 Å². The van der Waals surface area contributed by atoms with E-state index in [0.29, 0.717) is 0 Å². The highest BCUT2D eigenvalue weighted by atomic mass is 127. The molecule has 0 spiro atoms. The van der Waals surface area contributed by atoms with E-state index < -0.39 is 0 Å². The third kappa shape index (κ3) is 1.94. The van der Waals surface area contributed by atoms with Crippen LogP contribution in [-0.4, -0.2) is 0 Å². The lowest BCUT2D eigenvalue weighted by Crippen LogP contribution is -1.88. The summed E-state index contributed by atoms with van der Waals surface area (Å²) in [5.74, 6) is 0. The Bertz CT molecular complexity index is 303. The van der Waals surface area contributed by atoms with E-state index in [1.165, 1.54) is 0 Å². The fraction of sp³-hybridized carbons (Fsp3) is 0.125. The molecule has 0 aliphatic carbocycles. The van der Waals surface area contributed by atoms with E-state index in [1.54, 1.807) is 0 Å². The molecule has 0 N–H and O–H groups in total. The Morgan fingerprint density at radius 3 is 2.73 bits per heavy atom. The second kappa shape index (κ2) is 4.07. The van der Waals surface area contributed by atoms with Gasteiger partial charge in [-0.3, -0.25) is 0 Å². The molecule has 0 bridgehead atoms. The van der Waals surface area contributed by atoms with Crippen molar-refractivity contribution in [3.8, 4) is 6.07 Å². The van der Waals surface area contributed by atoms with Crippen LogP contribution in [0.25, 0.3) is 0 Å². The average Bonchev–Trinajstić information content (AvgIpc) is 2.04. The van der Waals surface area contributed by atoms with Crippen molar-refractivity contribution in [1.29, 1.82) is 5.26 Å². The van der Waals surface area contributed by atoms with Crippen LogP contribution in [0, 0.1) is 14.9 Å². The predicted octanol–water partition coefficient (Wildman–Crippen LogP) is 3.06. The van der Waals surface area contributed by atoms with Gasteiger partial charge in [0.15, 0.2) is 0 Å². The fourth-order valence-electron chi connectivity index (χ4n) is 0.805. The van der Waals surface area contributed by atoms with Crippen molar-refractivity contribution >= 4 is 38.5 Å². The summed E-state index contributed by atoms with van der Waals surface area (Å²) in [6.45, 7) is 0. The lowest BCUT2D eigenvalue weighted by molar-refractivity contribution is 1.35. The van der Waals surface area contributed by atoms with Gasteiger partial charge in [-0.15, -0.1) is 0 Å². The minimum absolute atomic E-state index is 0.743. The van der Waals surface area contributed by atoms with Gasteiger partial charge in [0, 0.05) is 8.90 Å². The maximum atomic E-state index is 8.75. The number of nitriles is 1. The summed E-state index contributed by atoms with van der Waals surface area (Å²) in [6, 6.07) is 8.02. The first-order chi connectivity index (χ1) is 5.29. The molecule has 0 fully saturated rings. The molecule has 1 nitrogen and oxygen atoms in total. The maximum Gasteiger partial charge on any atom is 0.101 e. The van der Waals surface area contributed by atoms with Crippen LogP contribution in [0.3, 0.4) is 0 Å². The number of hydrogen-bond donors (Lipinski definition) is 0. The van der Waals surface area contributed by atoms with E-state index in [0.717, 1.165) is 20.0 Å². The SMILES string of the molecule is N#Cc1c(I)cccc1CBr. The quantitative estimate of drug-likeness (QED) is 0.576. The number of benzene rings is 1. The van der Waals surface area contributed by atoms with Gasteiger partial charge < -0.3 is 0 Å². The first-order valence-electron chi connectivity index (χ1n) is 3.03. The minimum Gasteiger partial charge on any atom is -0.192 e. The molecule has 0 atom stereocenters. The molecule has 1 aromatic carbocycles. The molecule has 1 rings (SSSR count). The van der Waals surface area contributed by atoms with Crippen molar-refractivity contribution in [1.82, 2.24) is 0 Å². The molecule has 0 saturated heterocycles. The summed E-state index contributed by atoms with van der Waals surface area (Å²) in [5.41, 5.74) is 1.84. The molecule has 0 aromatic heterocycles. The molecule has 11 heavy (non-hydrogen) atoms. The van der Waals surface area contributed by atoms with Crippen LogP contribution < -0.4 is 0 Å². The molecule has 0 amide bonds. The lowest BCUT2D eigenvalue weighted by Gasteiger charge is -1.99. The van der Waals surface area contributed by atoms with E-state index in [1.807, 2.05) is 18.2 Å². The summed E-state index contributed by atoms with van der Waals surface area (Å²) >= 11 is 5.49. The molecule has 1 aromatic rings. The van der Waals surface area contributed by atoms with Crippen LogP contribution in [-0.2, 0) is 5.33 Å². The molecule has 0 aliphatic rings. The van der Waals surface area contributed by atoms with Crippen LogP contribution in [0.2, 0.25) is 0 Å². The summed E-state index contributed by atoms with van der Waals surface area (Å²) in [7, 11) is 0. The normalized spacial score (nSPS) is 9.18. The van der Waals surface area contributed by atoms with Crippen molar-refractivity contribution < 1.29 is 0 Å². The average molecular weight is 322 g/mol. The molecule has 3 heteroatoms. The Morgan fingerprint density at radius 2 is 2.27 bits per heavy atom. The Morgan fingerprint density at radius 1 is 1.55 bits per heavy atom. The smallest absolute Gasteiger partial charge is 0.101 e. The van der Waals surface area contributed by atoms with Crippen LogP contribution in [0.15, 0.2) is 18.2 Å². The van der Waals surface area contributed by atoms with Crippen LogP contribution in [0.1, 0.15) is 11.1 Å². The van der Waals surface area contributed by atoms with E-state index in [2.05, 4.69) is 44.6 Å². The Hall–Kier alpha value is -0.0800. The number of halogens is 2. The summed E-state index contributed by atoms with van der Waals surface area (Å²) in [5, 5.41) is 9.50. The number of hydrogen-bond acceptors (Lipinski definition) is 1. The van der Waals surface area contributed by atoms with Crippen molar-refractivity contribution in [2.75, 3.05) is 0 Å². The Labute approximate surface area is 87.7 Å². The second-order valence-electron chi connectivity index (χ2n) is 2.02. The molecule has 0 heterocycles. The van der Waals surface area contributed by atoms with Crippen molar-refractivity contribution in [3.63, 3.8) is 0 Å². The second-order valence-corrected chi connectivity index (χ2v) is 3.74. The molecule has 0 aliphatic heterocycles. The molecule has 56 valence electrons. The molecular formula is C8H5BrIN. The summed E-state index contributed by atoms with van der Waals surface area (Å²) in [6.07, 6.45) is 0. The highest BCUT2D eigenvalue weighted by Crippen LogP contribution is 2.17. The monoisotopic (exact) mass is 321 g/mol. The first-order valence-corrected chi connectivity index (χ1v) is 5.23. The third-order valence-electron chi connectivity index (χ3n) is 1.36. The topological polar surface area (TPSA) is 23.8 Å². The van der Waals surface area contributed by atoms with E-state index in [-0.39, 0.29) is 0 Å². The van der Waals surface area contributed by atoms with Gasteiger partial charge in [0.2, 0.25) is 0 Å². The molecule has 0 unspecified atom stereocenters. The maximum absolute atomic E-state index is 8.75. The lowest BCUT2D eigenvalue weighted by atomic mass is 10.1. The van der Waals surface area contributed by atoms with Crippen LogP contribution in [0.4, 0.5) is 0 Å². The largest absolute Gasteiger partial charge is 0.192 e. The highest BCUT2D eigenvalue weighted by molar-refractivity contribution is 14.1. The summed E-state index contributed by atoms with van der Waals surface area (Å²) in [4.78, 5) is 0. The number of alkyl halides is 1.